The van der Waals surface area contributed by atoms with Crippen LogP contribution in [0.25, 0.3) is 11.5 Å². The number of nitrogens with zero attached hydrogens (tertiary/aromatic N) is 2. The molecule has 4 rings (SSSR count). The molecule has 29 heavy (non-hydrogen) atoms. The van der Waals surface area contributed by atoms with Crippen LogP contribution in [0.5, 0.6) is 0 Å². The van der Waals surface area contributed by atoms with Crippen molar-refractivity contribution in [3.63, 3.8) is 0 Å². The molecule has 3 aromatic carbocycles. The van der Waals surface area contributed by atoms with Crippen LogP contribution in [0.2, 0.25) is 5.02 Å². The third-order valence-corrected chi connectivity index (χ3v) is 4.63. The molecule has 4 aromatic rings. The van der Waals surface area contributed by atoms with Gasteiger partial charge in [0.1, 0.15) is 11.9 Å². The number of amides is 1. The molecular formula is C22H15ClFN3O2. The van der Waals surface area contributed by atoms with Gasteiger partial charge in [0.15, 0.2) is 0 Å². The number of aromatic nitrogens is 2. The van der Waals surface area contributed by atoms with Crippen molar-refractivity contribution in [2.75, 3.05) is 0 Å². The highest BCUT2D eigenvalue weighted by Crippen LogP contribution is 2.29. The van der Waals surface area contributed by atoms with Crippen LogP contribution in [0.3, 0.4) is 0 Å². The quantitative estimate of drug-likeness (QED) is 0.502. The van der Waals surface area contributed by atoms with Gasteiger partial charge in [-0.25, -0.2) is 4.39 Å². The summed E-state index contributed by atoms with van der Waals surface area (Å²) in [5, 5.41) is 11.4. The van der Waals surface area contributed by atoms with E-state index in [4.69, 9.17) is 16.0 Å². The van der Waals surface area contributed by atoms with Gasteiger partial charge in [0.25, 0.3) is 5.91 Å². The molecule has 0 radical (unpaired) electrons. The maximum atomic E-state index is 13.5. The molecule has 0 fully saturated rings. The highest BCUT2D eigenvalue weighted by Gasteiger charge is 2.26. The lowest BCUT2D eigenvalue weighted by atomic mass is 10.1. The first-order valence-electron chi connectivity index (χ1n) is 8.81. The molecule has 1 heterocycles. The van der Waals surface area contributed by atoms with E-state index in [2.05, 4.69) is 15.5 Å². The summed E-state index contributed by atoms with van der Waals surface area (Å²) in [6.07, 6.45) is 0. The van der Waals surface area contributed by atoms with Crippen LogP contribution < -0.4 is 5.32 Å². The Hall–Kier alpha value is -3.51. The van der Waals surface area contributed by atoms with Gasteiger partial charge < -0.3 is 9.73 Å². The zero-order valence-electron chi connectivity index (χ0n) is 15.0. The average molecular weight is 408 g/mol. The van der Waals surface area contributed by atoms with E-state index in [0.29, 0.717) is 16.5 Å². The van der Waals surface area contributed by atoms with Gasteiger partial charge in [-0.1, -0.05) is 54.1 Å². The van der Waals surface area contributed by atoms with Crippen molar-refractivity contribution in [3.05, 3.63) is 107 Å². The summed E-state index contributed by atoms with van der Waals surface area (Å²) in [5.74, 6) is -0.510. The first-order chi connectivity index (χ1) is 14.1. The monoisotopic (exact) mass is 407 g/mol. The normalized spacial score (nSPS) is 11.8. The SMILES string of the molecule is O=C(NC(c1nnc(-c2ccccc2)o1)c1ccccc1Cl)c1cccc(F)c1. The number of hydrogen-bond acceptors (Lipinski definition) is 4. The molecule has 0 aliphatic rings. The molecule has 0 saturated carbocycles. The minimum Gasteiger partial charge on any atom is -0.418 e. The van der Waals surface area contributed by atoms with Gasteiger partial charge in [-0.05, 0) is 36.4 Å². The second kappa shape index (κ2) is 8.24. The Kier molecular flexibility index (Phi) is 5.35. The number of carbonyl (C=O) groups is 1. The van der Waals surface area contributed by atoms with Gasteiger partial charge in [-0.15, -0.1) is 10.2 Å². The van der Waals surface area contributed by atoms with E-state index in [0.717, 1.165) is 11.6 Å². The fraction of sp³-hybridized carbons (Fsp3) is 0.0455. The summed E-state index contributed by atoms with van der Waals surface area (Å²) in [4.78, 5) is 12.7. The number of halogens is 2. The number of nitrogens with one attached hydrogen (secondary N) is 1. The molecule has 1 unspecified atom stereocenters. The highest BCUT2D eigenvalue weighted by molar-refractivity contribution is 6.31. The predicted molar refractivity (Wildman–Crippen MR) is 107 cm³/mol. The molecule has 1 atom stereocenters. The molecule has 5 nitrogen and oxygen atoms in total. The molecule has 0 aliphatic carbocycles. The summed E-state index contributed by atoms with van der Waals surface area (Å²) < 4.78 is 19.4. The highest BCUT2D eigenvalue weighted by atomic mass is 35.5. The molecule has 144 valence electrons. The van der Waals surface area contributed by atoms with Crippen LogP contribution in [0.1, 0.15) is 27.9 Å². The van der Waals surface area contributed by atoms with Crippen molar-refractivity contribution in [2.45, 2.75) is 6.04 Å². The van der Waals surface area contributed by atoms with E-state index in [9.17, 15) is 9.18 Å². The lowest BCUT2D eigenvalue weighted by Crippen LogP contribution is -2.30. The Morgan fingerprint density at radius 3 is 2.48 bits per heavy atom. The van der Waals surface area contributed by atoms with Crippen LogP contribution in [-0.2, 0) is 0 Å². The Bertz CT molecular complexity index is 1150. The second-order valence-electron chi connectivity index (χ2n) is 6.25. The molecule has 7 heteroatoms. The van der Waals surface area contributed by atoms with E-state index in [1.54, 1.807) is 24.3 Å². The molecule has 0 saturated heterocycles. The Morgan fingerprint density at radius 2 is 1.72 bits per heavy atom. The first kappa shape index (κ1) is 18.8. The molecule has 1 amide bonds. The first-order valence-corrected chi connectivity index (χ1v) is 9.19. The molecule has 1 aromatic heterocycles. The smallest absolute Gasteiger partial charge is 0.252 e. The third-order valence-electron chi connectivity index (χ3n) is 4.29. The van der Waals surface area contributed by atoms with Gasteiger partial charge >= 0.3 is 0 Å². The van der Waals surface area contributed by atoms with E-state index in [-0.39, 0.29) is 11.5 Å². The lowest BCUT2D eigenvalue weighted by molar-refractivity contribution is 0.0937. The molecule has 0 bridgehead atoms. The third kappa shape index (κ3) is 4.17. The van der Waals surface area contributed by atoms with Crippen molar-refractivity contribution >= 4 is 17.5 Å². The van der Waals surface area contributed by atoms with Crippen molar-refractivity contribution in [3.8, 4) is 11.5 Å². The van der Waals surface area contributed by atoms with Crippen LogP contribution in [0.15, 0.2) is 83.3 Å². The standard InChI is InChI=1S/C22H15ClFN3O2/c23-18-12-5-4-11-17(18)19(25-20(28)15-9-6-10-16(24)13-15)22-27-26-21(29-22)14-7-2-1-3-8-14/h1-13,19H,(H,25,28). The van der Waals surface area contributed by atoms with Gasteiger partial charge in [0.05, 0.1) is 0 Å². The second-order valence-corrected chi connectivity index (χ2v) is 6.66. The largest absolute Gasteiger partial charge is 0.418 e. The maximum Gasteiger partial charge on any atom is 0.252 e. The number of carbonyl (C=O) groups excluding carboxylic acids is 1. The van der Waals surface area contributed by atoms with Gasteiger partial charge in [-0.3, -0.25) is 4.79 Å². The van der Waals surface area contributed by atoms with Crippen molar-refractivity contribution in [1.82, 2.24) is 15.5 Å². The topological polar surface area (TPSA) is 68.0 Å². The fourth-order valence-electron chi connectivity index (χ4n) is 2.87. The molecule has 0 spiro atoms. The average Bonchev–Trinajstić information content (AvgIpc) is 3.23. The van der Waals surface area contributed by atoms with E-state index >= 15 is 0 Å². The van der Waals surface area contributed by atoms with Crippen molar-refractivity contribution < 1.29 is 13.6 Å². The Morgan fingerprint density at radius 1 is 0.966 bits per heavy atom. The van der Waals surface area contributed by atoms with Crippen molar-refractivity contribution in [1.29, 1.82) is 0 Å². The predicted octanol–water partition coefficient (Wildman–Crippen LogP) is 5.05. The van der Waals surface area contributed by atoms with Gasteiger partial charge in [0, 0.05) is 21.7 Å². The van der Waals surface area contributed by atoms with Crippen molar-refractivity contribution in [2.24, 2.45) is 0 Å². The van der Waals surface area contributed by atoms with Gasteiger partial charge in [-0.2, -0.15) is 0 Å². The van der Waals surface area contributed by atoms with E-state index < -0.39 is 17.8 Å². The molecular weight excluding hydrogens is 393 g/mol. The van der Waals surface area contributed by atoms with E-state index in [1.807, 2.05) is 30.3 Å². The zero-order valence-corrected chi connectivity index (χ0v) is 15.8. The van der Waals surface area contributed by atoms with Crippen LogP contribution in [0.4, 0.5) is 4.39 Å². The number of benzene rings is 3. The zero-order chi connectivity index (χ0) is 20.2. The Labute approximate surface area is 171 Å². The maximum absolute atomic E-state index is 13.5. The summed E-state index contributed by atoms with van der Waals surface area (Å²) >= 11 is 6.35. The minimum absolute atomic E-state index is 0.168. The fourth-order valence-corrected chi connectivity index (χ4v) is 3.12. The van der Waals surface area contributed by atoms with Crippen LogP contribution >= 0.6 is 11.6 Å². The summed E-state index contributed by atoms with van der Waals surface area (Å²) in [6.45, 7) is 0. The summed E-state index contributed by atoms with van der Waals surface area (Å²) in [6, 6.07) is 20.9. The minimum atomic E-state index is -0.801. The van der Waals surface area contributed by atoms with E-state index in [1.165, 1.54) is 18.2 Å². The lowest BCUT2D eigenvalue weighted by Gasteiger charge is -2.17. The summed E-state index contributed by atoms with van der Waals surface area (Å²) in [5.41, 5.74) is 1.51. The Balaban J connectivity index is 1.71. The number of hydrogen-bond donors (Lipinski definition) is 1. The summed E-state index contributed by atoms with van der Waals surface area (Å²) in [7, 11) is 0. The number of rotatable bonds is 5. The van der Waals surface area contributed by atoms with Crippen LogP contribution in [0, 0.1) is 5.82 Å². The molecule has 0 aliphatic heterocycles. The van der Waals surface area contributed by atoms with Gasteiger partial charge in [0.2, 0.25) is 11.8 Å². The van der Waals surface area contributed by atoms with Crippen LogP contribution in [-0.4, -0.2) is 16.1 Å². The molecule has 1 N–H and O–H groups in total.